The van der Waals surface area contributed by atoms with E-state index in [4.69, 9.17) is 9.15 Å². The van der Waals surface area contributed by atoms with E-state index in [0.29, 0.717) is 43.3 Å². The quantitative estimate of drug-likeness (QED) is 0.341. The highest BCUT2D eigenvalue weighted by atomic mass is 16.5. The van der Waals surface area contributed by atoms with Crippen LogP contribution in [0.2, 0.25) is 0 Å². The molecule has 9 heteroatoms. The number of para-hydroxylation sites is 1. The number of rotatable bonds is 6. The van der Waals surface area contributed by atoms with E-state index in [1.54, 1.807) is 16.8 Å². The van der Waals surface area contributed by atoms with Crippen molar-refractivity contribution in [3.63, 3.8) is 0 Å². The predicted molar refractivity (Wildman–Crippen MR) is 123 cm³/mol. The summed E-state index contributed by atoms with van der Waals surface area (Å²) in [6.45, 7) is 5.57. The Morgan fingerprint density at radius 1 is 1.09 bits per heavy atom. The molecular formula is C25H26N4O5. The Morgan fingerprint density at radius 2 is 1.85 bits per heavy atom. The smallest absolute Gasteiger partial charge is 0.295 e. The second kappa shape index (κ2) is 9.28. The van der Waals surface area contributed by atoms with Crippen molar-refractivity contribution < 1.29 is 23.8 Å². The van der Waals surface area contributed by atoms with Crippen LogP contribution >= 0.6 is 0 Å². The number of aliphatic hydroxyl groups excluding tert-OH is 1. The van der Waals surface area contributed by atoms with E-state index in [-0.39, 0.29) is 11.3 Å². The maximum atomic E-state index is 13.2. The number of hydrogen-bond acceptors (Lipinski definition) is 7. The number of ether oxygens (including phenoxy) is 1. The summed E-state index contributed by atoms with van der Waals surface area (Å²) in [5, 5.41) is 15.7. The number of carbonyl (C=O) groups excluding carboxylic acids is 2. The van der Waals surface area contributed by atoms with Crippen LogP contribution < -0.4 is 0 Å². The fourth-order valence-electron chi connectivity index (χ4n) is 4.54. The molecule has 0 unspecified atom stereocenters. The number of ketones is 1. The minimum Gasteiger partial charge on any atom is -0.507 e. The highest BCUT2D eigenvalue weighted by molar-refractivity contribution is 6.46. The van der Waals surface area contributed by atoms with Crippen LogP contribution in [0.4, 0.5) is 0 Å². The van der Waals surface area contributed by atoms with Crippen LogP contribution in [0, 0.1) is 6.92 Å². The molecule has 0 aliphatic carbocycles. The van der Waals surface area contributed by atoms with Gasteiger partial charge in [-0.25, -0.2) is 4.68 Å². The number of carbonyl (C=O) groups is 2. The molecule has 0 saturated carbocycles. The maximum absolute atomic E-state index is 13.2. The highest BCUT2D eigenvalue weighted by Crippen LogP contribution is 2.40. The summed E-state index contributed by atoms with van der Waals surface area (Å²) >= 11 is 0. The molecule has 176 valence electrons. The average molecular weight is 463 g/mol. The minimum absolute atomic E-state index is 0.0117. The summed E-state index contributed by atoms with van der Waals surface area (Å²) in [6.07, 6.45) is 3.01. The van der Waals surface area contributed by atoms with Crippen LogP contribution in [0.1, 0.15) is 23.1 Å². The van der Waals surface area contributed by atoms with Crippen molar-refractivity contribution in [2.24, 2.45) is 0 Å². The molecule has 1 amide bonds. The Bertz CT molecular complexity index is 1210. The first-order valence-electron chi connectivity index (χ1n) is 11.3. The number of hydrogen-bond donors (Lipinski definition) is 1. The SMILES string of the molecule is Cc1c(/C(O)=C2\C(=O)C(=O)N(CCN3CCOCC3)[C@H]2c2ccco2)cnn1-c1ccccc1. The number of aliphatic hydroxyl groups is 1. The van der Waals surface area contributed by atoms with Crippen LogP contribution in [-0.4, -0.2) is 75.8 Å². The van der Waals surface area contributed by atoms with Crippen LogP contribution in [0.15, 0.2) is 64.9 Å². The summed E-state index contributed by atoms with van der Waals surface area (Å²) in [6, 6.07) is 12.1. The molecule has 2 aliphatic heterocycles. The second-order valence-corrected chi connectivity index (χ2v) is 8.35. The molecule has 9 nitrogen and oxygen atoms in total. The fraction of sp³-hybridized carbons (Fsp3) is 0.320. The van der Waals surface area contributed by atoms with Gasteiger partial charge in [0.15, 0.2) is 0 Å². The second-order valence-electron chi connectivity index (χ2n) is 8.35. The van der Waals surface area contributed by atoms with Crippen molar-refractivity contribution in [2.75, 3.05) is 39.4 Å². The Labute approximate surface area is 196 Å². The molecule has 0 radical (unpaired) electrons. The largest absolute Gasteiger partial charge is 0.507 e. The lowest BCUT2D eigenvalue weighted by Gasteiger charge is -2.30. The first-order chi connectivity index (χ1) is 16.6. The van der Waals surface area contributed by atoms with E-state index in [0.717, 1.165) is 18.8 Å². The van der Waals surface area contributed by atoms with Crippen molar-refractivity contribution in [3.05, 3.63) is 77.5 Å². The number of Topliss-reactive ketones (excluding diaryl/α,β-unsaturated/α-hetero) is 1. The van der Waals surface area contributed by atoms with Gasteiger partial charge in [-0.05, 0) is 31.2 Å². The van der Waals surface area contributed by atoms with E-state index in [9.17, 15) is 14.7 Å². The molecule has 1 aromatic carbocycles. The van der Waals surface area contributed by atoms with E-state index < -0.39 is 17.7 Å². The summed E-state index contributed by atoms with van der Waals surface area (Å²) < 4.78 is 12.7. The zero-order chi connectivity index (χ0) is 23.7. The molecule has 5 rings (SSSR count). The fourth-order valence-corrected chi connectivity index (χ4v) is 4.54. The van der Waals surface area contributed by atoms with Crippen molar-refractivity contribution in [2.45, 2.75) is 13.0 Å². The lowest BCUT2D eigenvalue weighted by molar-refractivity contribution is -0.140. The van der Waals surface area contributed by atoms with Crippen LogP contribution in [-0.2, 0) is 14.3 Å². The van der Waals surface area contributed by atoms with Crippen molar-refractivity contribution in [1.82, 2.24) is 19.6 Å². The molecule has 1 atom stereocenters. The van der Waals surface area contributed by atoms with E-state index in [2.05, 4.69) is 10.00 Å². The number of nitrogens with zero attached hydrogens (tertiary/aromatic N) is 4. The van der Waals surface area contributed by atoms with Gasteiger partial charge in [-0.2, -0.15) is 5.10 Å². The average Bonchev–Trinajstić information content (AvgIpc) is 3.58. The summed E-state index contributed by atoms with van der Waals surface area (Å²) in [7, 11) is 0. The lowest BCUT2D eigenvalue weighted by atomic mass is 9.99. The van der Waals surface area contributed by atoms with Gasteiger partial charge in [-0.1, -0.05) is 18.2 Å². The third-order valence-corrected chi connectivity index (χ3v) is 6.38. The van der Waals surface area contributed by atoms with Crippen molar-refractivity contribution >= 4 is 17.4 Å². The Hall–Kier alpha value is -3.69. The molecule has 3 aromatic rings. The number of furan rings is 1. The van der Waals surface area contributed by atoms with Gasteiger partial charge in [-0.15, -0.1) is 0 Å². The zero-order valence-electron chi connectivity index (χ0n) is 18.9. The summed E-state index contributed by atoms with van der Waals surface area (Å²) in [5.41, 5.74) is 1.89. The normalized spacial score (nSPS) is 20.9. The summed E-state index contributed by atoms with van der Waals surface area (Å²) in [5.74, 6) is -1.21. The van der Waals surface area contributed by atoms with E-state index >= 15 is 0 Å². The Balaban J connectivity index is 1.52. The summed E-state index contributed by atoms with van der Waals surface area (Å²) in [4.78, 5) is 29.9. The Morgan fingerprint density at radius 3 is 2.56 bits per heavy atom. The number of likely N-dealkylation sites (tertiary alicyclic amines) is 1. The maximum Gasteiger partial charge on any atom is 0.295 e. The molecule has 2 aliphatic rings. The van der Waals surface area contributed by atoms with Gasteiger partial charge in [0.25, 0.3) is 11.7 Å². The standard InChI is InChI=1S/C25H26N4O5/c1-17-19(16-26-29(17)18-6-3-2-4-7-18)23(30)21-22(20-8-5-13-34-20)28(25(32)24(21)31)10-9-27-11-14-33-15-12-27/h2-8,13,16,22,30H,9-12,14-15H2,1H3/b23-21+/t22-/m0/s1. The molecular weight excluding hydrogens is 436 g/mol. The van der Waals surface area contributed by atoms with Crippen molar-refractivity contribution in [1.29, 1.82) is 0 Å². The van der Waals surface area contributed by atoms with Crippen molar-refractivity contribution in [3.8, 4) is 5.69 Å². The topological polar surface area (TPSA) is 101 Å². The monoisotopic (exact) mass is 462 g/mol. The lowest BCUT2D eigenvalue weighted by Crippen LogP contribution is -2.42. The molecule has 2 aromatic heterocycles. The molecule has 2 fully saturated rings. The third-order valence-electron chi connectivity index (χ3n) is 6.38. The van der Waals surface area contributed by atoms with Gasteiger partial charge in [0, 0.05) is 26.2 Å². The molecule has 1 N–H and O–H groups in total. The van der Waals surface area contributed by atoms with Gasteiger partial charge in [-0.3, -0.25) is 14.5 Å². The van der Waals surface area contributed by atoms with Gasteiger partial charge in [0.2, 0.25) is 0 Å². The zero-order valence-corrected chi connectivity index (χ0v) is 18.9. The van der Waals surface area contributed by atoms with Gasteiger partial charge in [0.1, 0.15) is 17.6 Å². The first kappa shape index (κ1) is 22.1. The predicted octanol–water partition coefficient (Wildman–Crippen LogP) is 2.53. The number of benzene rings is 1. The molecule has 4 heterocycles. The molecule has 0 spiro atoms. The van der Waals surface area contributed by atoms with Crippen LogP contribution in [0.3, 0.4) is 0 Å². The molecule has 2 saturated heterocycles. The molecule has 34 heavy (non-hydrogen) atoms. The third kappa shape index (κ3) is 3.93. The number of amides is 1. The Kier molecular flexibility index (Phi) is 6.04. The first-order valence-corrected chi connectivity index (χ1v) is 11.3. The highest BCUT2D eigenvalue weighted by Gasteiger charge is 2.47. The number of morpholine rings is 1. The van der Waals surface area contributed by atoms with Crippen LogP contribution in [0.25, 0.3) is 11.4 Å². The van der Waals surface area contributed by atoms with Gasteiger partial charge >= 0.3 is 0 Å². The van der Waals surface area contributed by atoms with E-state index in [1.165, 1.54) is 17.4 Å². The van der Waals surface area contributed by atoms with Crippen LogP contribution in [0.5, 0.6) is 0 Å². The number of aromatic nitrogens is 2. The van der Waals surface area contributed by atoms with E-state index in [1.807, 2.05) is 37.3 Å². The minimum atomic E-state index is -0.810. The van der Waals surface area contributed by atoms with Gasteiger partial charge in [0.05, 0.1) is 48.2 Å². The van der Waals surface area contributed by atoms with Gasteiger partial charge < -0.3 is 19.2 Å². The molecule has 0 bridgehead atoms.